The van der Waals surface area contributed by atoms with Crippen molar-refractivity contribution in [3.8, 4) is 11.5 Å². The minimum atomic E-state index is -0.994. The maximum atomic E-state index is 13.6. The Bertz CT molecular complexity index is 1200. The fourth-order valence-corrected chi connectivity index (χ4v) is 4.48. The molecule has 0 saturated carbocycles. The third kappa shape index (κ3) is 3.18. The third-order valence-corrected chi connectivity index (χ3v) is 5.97. The van der Waals surface area contributed by atoms with Gasteiger partial charge >= 0.3 is 0 Å². The van der Waals surface area contributed by atoms with Gasteiger partial charge in [0.1, 0.15) is 5.92 Å². The first kappa shape index (κ1) is 20.4. The first-order valence-corrected chi connectivity index (χ1v) is 10.4. The standard InChI is InChI=1S/C24H19ClN2O5/c1-31-19-12-14(10-11-18(19)28)21-20-22(32-27(21)16-7-3-2-4-8-16)24(30)26(23(20)29)17-9-5-6-15(25)13-17/h2-13,20-22,28H,1H3/t20-,21+,22+/m1/s1. The van der Waals surface area contributed by atoms with Crippen LogP contribution in [0.15, 0.2) is 72.8 Å². The van der Waals surface area contributed by atoms with Crippen LogP contribution in [0.1, 0.15) is 11.6 Å². The van der Waals surface area contributed by atoms with Crippen molar-refractivity contribution in [1.29, 1.82) is 0 Å². The van der Waals surface area contributed by atoms with Crippen LogP contribution in [0.2, 0.25) is 5.02 Å². The molecule has 3 aromatic rings. The Hall–Kier alpha value is -3.55. The third-order valence-electron chi connectivity index (χ3n) is 5.74. The number of carbonyl (C=O) groups excluding carboxylic acids is 2. The van der Waals surface area contributed by atoms with E-state index in [4.69, 9.17) is 21.2 Å². The normalized spacial score (nSPS) is 22.4. The molecule has 0 spiro atoms. The quantitative estimate of drug-likeness (QED) is 0.603. The van der Waals surface area contributed by atoms with Gasteiger partial charge in [0, 0.05) is 5.02 Å². The van der Waals surface area contributed by atoms with Gasteiger partial charge in [0.15, 0.2) is 17.6 Å². The molecule has 0 radical (unpaired) electrons. The van der Waals surface area contributed by atoms with Gasteiger partial charge < -0.3 is 9.84 Å². The van der Waals surface area contributed by atoms with Crippen LogP contribution in [0.5, 0.6) is 11.5 Å². The average molecular weight is 451 g/mol. The monoisotopic (exact) mass is 450 g/mol. The second-order valence-electron chi connectivity index (χ2n) is 7.58. The minimum absolute atomic E-state index is 0.0210. The van der Waals surface area contributed by atoms with Crippen molar-refractivity contribution in [1.82, 2.24) is 0 Å². The second-order valence-corrected chi connectivity index (χ2v) is 8.02. The SMILES string of the molecule is COc1cc([C@H]2[C@H]3C(=O)N(c4cccc(Cl)c4)C(=O)[C@H]3ON2c2ccccc2)ccc1O. The van der Waals surface area contributed by atoms with E-state index in [1.165, 1.54) is 13.2 Å². The van der Waals surface area contributed by atoms with Gasteiger partial charge in [-0.1, -0.05) is 41.9 Å². The summed E-state index contributed by atoms with van der Waals surface area (Å²) in [5.74, 6) is -1.38. The van der Waals surface area contributed by atoms with Gasteiger partial charge in [0.25, 0.3) is 5.91 Å². The number of halogens is 1. The number of hydrogen-bond donors (Lipinski definition) is 1. The number of carbonyl (C=O) groups is 2. The van der Waals surface area contributed by atoms with Crippen molar-refractivity contribution >= 4 is 34.8 Å². The second kappa shape index (κ2) is 7.85. The summed E-state index contributed by atoms with van der Waals surface area (Å²) in [6, 6.07) is 20.1. The van der Waals surface area contributed by atoms with E-state index in [0.717, 1.165) is 4.90 Å². The van der Waals surface area contributed by atoms with E-state index < -0.39 is 24.0 Å². The van der Waals surface area contributed by atoms with E-state index in [1.54, 1.807) is 41.5 Å². The molecule has 2 heterocycles. The lowest BCUT2D eigenvalue weighted by Gasteiger charge is -2.29. The number of phenols is 1. The predicted octanol–water partition coefficient (Wildman–Crippen LogP) is 4.11. The van der Waals surface area contributed by atoms with Crippen LogP contribution in [0.25, 0.3) is 0 Å². The van der Waals surface area contributed by atoms with E-state index in [9.17, 15) is 14.7 Å². The molecular formula is C24H19ClN2O5. The van der Waals surface area contributed by atoms with Crippen LogP contribution in [0, 0.1) is 5.92 Å². The van der Waals surface area contributed by atoms with Crippen LogP contribution in [-0.4, -0.2) is 30.1 Å². The first-order valence-electron chi connectivity index (χ1n) is 10.0. The Balaban J connectivity index is 1.61. The molecule has 2 aliphatic rings. The Morgan fingerprint density at radius 1 is 0.938 bits per heavy atom. The molecule has 2 aliphatic heterocycles. The van der Waals surface area contributed by atoms with E-state index in [-0.39, 0.29) is 17.4 Å². The van der Waals surface area contributed by atoms with Crippen molar-refractivity contribution in [2.75, 3.05) is 17.1 Å². The molecular weight excluding hydrogens is 432 g/mol. The Morgan fingerprint density at radius 2 is 1.69 bits per heavy atom. The number of ether oxygens (including phenoxy) is 1. The molecule has 0 unspecified atom stereocenters. The van der Waals surface area contributed by atoms with Gasteiger partial charge in [0.05, 0.1) is 24.5 Å². The number of methoxy groups -OCH3 is 1. The minimum Gasteiger partial charge on any atom is -0.504 e. The smallest absolute Gasteiger partial charge is 0.266 e. The summed E-state index contributed by atoms with van der Waals surface area (Å²) < 4.78 is 5.26. The number of hydrogen-bond acceptors (Lipinski definition) is 6. The lowest BCUT2D eigenvalue weighted by molar-refractivity contribution is -0.126. The average Bonchev–Trinajstić information content (AvgIpc) is 3.31. The fourth-order valence-electron chi connectivity index (χ4n) is 4.30. The molecule has 0 aromatic heterocycles. The number of benzene rings is 3. The van der Waals surface area contributed by atoms with E-state index >= 15 is 0 Å². The number of para-hydroxylation sites is 1. The highest BCUT2D eigenvalue weighted by atomic mass is 35.5. The first-order chi connectivity index (χ1) is 15.5. The number of amides is 2. The van der Waals surface area contributed by atoms with E-state index in [0.29, 0.717) is 22.0 Å². The maximum Gasteiger partial charge on any atom is 0.266 e. The number of imide groups is 1. The molecule has 5 rings (SSSR count). The summed E-state index contributed by atoms with van der Waals surface area (Å²) in [7, 11) is 1.45. The number of aromatic hydroxyl groups is 1. The largest absolute Gasteiger partial charge is 0.504 e. The number of nitrogens with zero attached hydrogens (tertiary/aromatic N) is 2. The summed E-state index contributed by atoms with van der Waals surface area (Å²) in [6.07, 6.45) is -0.994. The van der Waals surface area contributed by atoms with Crippen LogP contribution in [-0.2, 0) is 14.4 Å². The molecule has 8 heteroatoms. The van der Waals surface area contributed by atoms with Crippen molar-refractivity contribution < 1.29 is 24.3 Å². The van der Waals surface area contributed by atoms with Gasteiger partial charge in [-0.15, -0.1) is 0 Å². The highest BCUT2D eigenvalue weighted by Crippen LogP contribution is 2.48. The summed E-state index contributed by atoms with van der Waals surface area (Å²) >= 11 is 6.09. The van der Waals surface area contributed by atoms with Gasteiger partial charge in [-0.3, -0.25) is 14.4 Å². The molecule has 1 N–H and O–H groups in total. The fraction of sp³-hybridized carbons (Fsp3) is 0.167. The number of hydroxylamine groups is 1. The zero-order chi connectivity index (χ0) is 22.4. The maximum absolute atomic E-state index is 13.6. The topological polar surface area (TPSA) is 79.3 Å². The molecule has 2 fully saturated rings. The zero-order valence-corrected chi connectivity index (χ0v) is 17.8. The lowest BCUT2D eigenvalue weighted by atomic mass is 9.90. The molecule has 3 aromatic carbocycles. The molecule has 162 valence electrons. The number of rotatable bonds is 4. The Kier molecular flexibility index (Phi) is 5.00. The van der Waals surface area contributed by atoms with Crippen molar-refractivity contribution in [2.24, 2.45) is 5.92 Å². The summed E-state index contributed by atoms with van der Waals surface area (Å²) in [5, 5.41) is 12.1. The molecule has 2 amide bonds. The van der Waals surface area contributed by atoms with Crippen molar-refractivity contribution in [3.63, 3.8) is 0 Å². The van der Waals surface area contributed by atoms with Crippen molar-refractivity contribution in [3.05, 3.63) is 83.4 Å². The van der Waals surface area contributed by atoms with Gasteiger partial charge in [-0.25, -0.2) is 9.96 Å². The van der Waals surface area contributed by atoms with Crippen molar-refractivity contribution in [2.45, 2.75) is 12.1 Å². The van der Waals surface area contributed by atoms with Gasteiger partial charge in [-0.05, 0) is 48.0 Å². The molecule has 0 aliphatic carbocycles. The summed E-state index contributed by atoms with van der Waals surface area (Å²) in [4.78, 5) is 34.1. The molecule has 7 nitrogen and oxygen atoms in total. The summed E-state index contributed by atoms with van der Waals surface area (Å²) in [5.41, 5.74) is 1.78. The number of fused-ring (bicyclic) bond motifs is 1. The molecule has 0 bridgehead atoms. The molecule has 32 heavy (non-hydrogen) atoms. The lowest BCUT2D eigenvalue weighted by Crippen LogP contribution is -2.37. The predicted molar refractivity (Wildman–Crippen MR) is 119 cm³/mol. The number of phenolic OH excluding ortho intramolecular Hbond substituents is 1. The van der Waals surface area contributed by atoms with Gasteiger partial charge in [-0.2, -0.15) is 0 Å². The molecule has 2 saturated heterocycles. The van der Waals surface area contributed by atoms with Crippen LogP contribution >= 0.6 is 11.6 Å². The Labute approximate surface area is 189 Å². The molecule has 3 atom stereocenters. The highest BCUT2D eigenvalue weighted by molar-refractivity contribution is 6.31. The van der Waals surface area contributed by atoms with Gasteiger partial charge in [0.2, 0.25) is 5.91 Å². The Morgan fingerprint density at radius 3 is 2.41 bits per heavy atom. The van der Waals surface area contributed by atoms with E-state index in [2.05, 4.69) is 0 Å². The van der Waals surface area contributed by atoms with Crippen LogP contribution < -0.4 is 14.7 Å². The van der Waals surface area contributed by atoms with Crippen LogP contribution in [0.4, 0.5) is 11.4 Å². The number of anilines is 2. The highest BCUT2D eigenvalue weighted by Gasteiger charge is 2.60. The van der Waals surface area contributed by atoms with E-state index in [1.807, 2.05) is 30.3 Å². The van der Waals surface area contributed by atoms with Crippen LogP contribution in [0.3, 0.4) is 0 Å². The summed E-state index contributed by atoms with van der Waals surface area (Å²) in [6.45, 7) is 0. The zero-order valence-electron chi connectivity index (χ0n) is 17.0.